The molecule has 3 aromatic carbocycles. The van der Waals surface area contributed by atoms with Gasteiger partial charge in [0.25, 0.3) is 0 Å². The Hall–Kier alpha value is -3.40. The van der Waals surface area contributed by atoms with Crippen LogP contribution in [0.4, 0.5) is 0 Å². The zero-order chi connectivity index (χ0) is 21.1. The Morgan fingerprint density at radius 3 is 2.53 bits per heavy atom. The molecule has 1 atom stereocenters. The minimum absolute atomic E-state index is 0.0568. The summed E-state index contributed by atoms with van der Waals surface area (Å²) in [6, 6.07) is 19.4. The monoisotopic (exact) mass is 400 g/mol. The molecule has 0 unspecified atom stereocenters. The van der Waals surface area contributed by atoms with Gasteiger partial charge in [-0.25, -0.2) is 0 Å². The summed E-state index contributed by atoms with van der Waals surface area (Å²) in [7, 11) is 0. The van der Waals surface area contributed by atoms with E-state index >= 15 is 0 Å². The van der Waals surface area contributed by atoms with E-state index in [1.54, 1.807) is 18.4 Å². The lowest BCUT2D eigenvalue weighted by Gasteiger charge is -2.09. The molecule has 0 N–H and O–H groups in total. The van der Waals surface area contributed by atoms with E-state index in [0.717, 1.165) is 33.7 Å². The second kappa shape index (κ2) is 8.54. The van der Waals surface area contributed by atoms with E-state index in [1.165, 1.54) is 5.56 Å². The van der Waals surface area contributed by atoms with Gasteiger partial charge in [0.15, 0.2) is 12.4 Å². The molecule has 4 rings (SSSR count). The first kappa shape index (κ1) is 19.9. The van der Waals surface area contributed by atoms with Crippen molar-refractivity contribution in [2.24, 2.45) is 0 Å². The summed E-state index contributed by atoms with van der Waals surface area (Å²) in [5, 5.41) is 3.03. The van der Waals surface area contributed by atoms with Crippen LogP contribution in [0.2, 0.25) is 0 Å². The standard InChI is InChI=1S/C26H24O4/c1-3-17(2)18-8-10-20(11-9-18)23(27)16-30-25(28)14-21-15-29-24-13-12-19-6-4-5-7-22(19)26(21)24/h4-13,15,17H,3,14,16H2,1-2H3/t17-/m0/s1. The molecule has 0 aliphatic rings. The molecule has 0 spiro atoms. The maximum atomic E-state index is 12.4. The third-order valence-corrected chi connectivity index (χ3v) is 5.65. The maximum absolute atomic E-state index is 12.4. The van der Waals surface area contributed by atoms with E-state index in [1.807, 2.05) is 48.5 Å². The van der Waals surface area contributed by atoms with Crippen molar-refractivity contribution in [3.05, 3.63) is 83.6 Å². The average Bonchev–Trinajstić information content (AvgIpc) is 3.20. The van der Waals surface area contributed by atoms with Gasteiger partial charge in [0.2, 0.25) is 0 Å². The molecule has 0 fully saturated rings. The van der Waals surface area contributed by atoms with Gasteiger partial charge < -0.3 is 9.15 Å². The van der Waals surface area contributed by atoms with Gasteiger partial charge in [0.05, 0.1) is 12.7 Å². The molecular weight excluding hydrogens is 376 g/mol. The molecule has 0 aliphatic heterocycles. The van der Waals surface area contributed by atoms with Crippen molar-refractivity contribution < 1.29 is 18.7 Å². The molecule has 0 amide bonds. The second-order valence-corrected chi connectivity index (χ2v) is 7.61. The van der Waals surface area contributed by atoms with Crippen molar-refractivity contribution in [2.45, 2.75) is 32.6 Å². The Morgan fingerprint density at radius 2 is 1.77 bits per heavy atom. The van der Waals surface area contributed by atoms with Crippen LogP contribution >= 0.6 is 0 Å². The highest BCUT2D eigenvalue weighted by atomic mass is 16.5. The minimum atomic E-state index is -0.449. The van der Waals surface area contributed by atoms with Crippen LogP contribution in [0.5, 0.6) is 0 Å². The van der Waals surface area contributed by atoms with Gasteiger partial charge in [0.1, 0.15) is 5.58 Å². The lowest BCUT2D eigenvalue weighted by molar-refractivity contribution is -0.141. The quantitative estimate of drug-likeness (QED) is 0.279. The molecule has 1 heterocycles. The van der Waals surface area contributed by atoms with E-state index in [0.29, 0.717) is 11.5 Å². The lowest BCUT2D eigenvalue weighted by atomic mass is 9.97. The number of ketones is 1. The SMILES string of the molecule is CC[C@H](C)c1ccc(C(=O)COC(=O)Cc2coc3ccc4ccccc4c23)cc1. The number of furan rings is 1. The smallest absolute Gasteiger partial charge is 0.310 e. The number of benzene rings is 3. The zero-order valence-electron chi connectivity index (χ0n) is 17.2. The van der Waals surface area contributed by atoms with Crippen LogP contribution in [0.15, 0.2) is 71.3 Å². The number of Topliss-reactive ketones (excluding diaryl/α,β-unsaturated/α-hetero) is 1. The summed E-state index contributed by atoms with van der Waals surface area (Å²) < 4.78 is 10.9. The Labute approximate surface area is 175 Å². The summed E-state index contributed by atoms with van der Waals surface area (Å²) in [6.45, 7) is 4.02. The molecule has 152 valence electrons. The second-order valence-electron chi connectivity index (χ2n) is 7.61. The number of fused-ring (bicyclic) bond motifs is 3. The van der Waals surface area contributed by atoms with Gasteiger partial charge >= 0.3 is 5.97 Å². The van der Waals surface area contributed by atoms with Crippen molar-refractivity contribution in [3.63, 3.8) is 0 Å². The van der Waals surface area contributed by atoms with E-state index in [9.17, 15) is 9.59 Å². The number of hydrogen-bond acceptors (Lipinski definition) is 4. The van der Waals surface area contributed by atoms with Crippen molar-refractivity contribution in [2.75, 3.05) is 6.61 Å². The van der Waals surface area contributed by atoms with Crippen LogP contribution in [-0.4, -0.2) is 18.4 Å². The molecule has 0 aliphatic carbocycles. The topological polar surface area (TPSA) is 56.5 Å². The van der Waals surface area contributed by atoms with Crippen molar-refractivity contribution in [3.8, 4) is 0 Å². The van der Waals surface area contributed by atoms with Crippen LogP contribution in [0.1, 0.15) is 47.7 Å². The van der Waals surface area contributed by atoms with Crippen molar-refractivity contribution in [1.29, 1.82) is 0 Å². The molecule has 0 bridgehead atoms. The van der Waals surface area contributed by atoms with Gasteiger partial charge in [-0.1, -0.05) is 68.4 Å². The molecule has 4 heteroatoms. The molecule has 4 aromatic rings. The largest absolute Gasteiger partial charge is 0.464 e. The Bertz CT molecular complexity index is 1200. The lowest BCUT2D eigenvalue weighted by Crippen LogP contribution is -2.15. The number of esters is 1. The Balaban J connectivity index is 1.43. The average molecular weight is 400 g/mol. The third-order valence-electron chi connectivity index (χ3n) is 5.65. The fourth-order valence-electron chi connectivity index (χ4n) is 3.67. The predicted octanol–water partition coefficient (Wildman–Crippen LogP) is 6.07. The molecule has 0 radical (unpaired) electrons. The number of carbonyl (C=O) groups excluding carboxylic acids is 2. The summed E-state index contributed by atoms with van der Waals surface area (Å²) >= 11 is 0. The highest BCUT2D eigenvalue weighted by Gasteiger charge is 2.16. The van der Waals surface area contributed by atoms with Gasteiger partial charge in [-0.15, -0.1) is 0 Å². The van der Waals surface area contributed by atoms with Crippen LogP contribution in [0.25, 0.3) is 21.7 Å². The minimum Gasteiger partial charge on any atom is -0.464 e. The summed E-state index contributed by atoms with van der Waals surface area (Å²) in [5.74, 6) is -0.204. The van der Waals surface area contributed by atoms with E-state index in [-0.39, 0.29) is 18.8 Å². The fourth-order valence-corrected chi connectivity index (χ4v) is 3.67. The Morgan fingerprint density at radius 1 is 1.00 bits per heavy atom. The summed E-state index contributed by atoms with van der Waals surface area (Å²) in [5.41, 5.74) is 3.24. The number of carbonyl (C=O) groups is 2. The molecule has 30 heavy (non-hydrogen) atoms. The molecule has 4 nitrogen and oxygen atoms in total. The summed E-state index contributed by atoms with van der Waals surface area (Å²) in [6.07, 6.45) is 2.69. The zero-order valence-corrected chi connectivity index (χ0v) is 17.2. The van der Waals surface area contributed by atoms with Crippen LogP contribution in [-0.2, 0) is 16.0 Å². The van der Waals surface area contributed by atoms with E-state index < -0.39 is 5.97 Å². The summed E-state index contributed by atoms with van der Waals surface area (Å²) in [4.78, 5) is 24.8. The normalized spacial score (nSPS) is 12.2. The Kier molecular flexibility index (Phi) is 5.66. The van der Waals surface area contributed by atoms with Gasteiger partial charge in [-0.05, 0) is 34.7 Å². The number of ether oxygens (including phenoxy) is 1. The van der Waals surface area contributed by atoms with Crippen LogP contribution in [0.3, 0.4) is 0 Å². The maximum Gasteiger partial charge on any atom is 0.310 e. The van der Waals surface area contributed by atoms with Crippen molar-refractivity contribution >= 4 is 33.5 Å². The first-order valence-electron chi connectivity index (χ1n) is 10.2. The highest BCUT2D eigenvalue weighted by Crippen LogP contribution is 2.30. The van der Waals surface area contributed by atoms with Gasteiger partial charge in [0, 0.05) is 16.5 Å². The first-order chi connectivity index (χ1) is 14.6. The number of rotatable bonds is 7. The molecule has 0 saturated carbocycles. The van der Waals surface area contributed by atoms with E-state index in [4.69, 9.17) is 9.15 Å². The van der Waals surface area contributed by atoms with Gasteiger partial charge in [-0.3, -0.25) is 9.59 Å². The third kappa shape index (κ3) is 3.99. The molecular formula is C26H24O4. The van der Waals surface area contributed by atoms with Crippen LogP contribution in [0, 0.1) is 0 Å². The number of hydrogen-bond donors (Lipinski definition) is 0. The van der Waals surface area contributed by atoms with E-state index in [2.05, 4.69) is 13.8 Å². The highest BCUT2D eigenvalue weighted by molar-refractivity contribution is 6.08. The fraction of sp³-hybridized carbons (Fsp3) is 0.231. The first-order valence-corrected chi connectivity index (χ1v) is 10.2. The molecule has 0 saturated heterocycles. The predicted molar refractivity (Wildman–Crippen MR) is 118 cm³/mol. The van der Waals surface area contributed by atoms with Crippen LogP contribution < -0.4 is 0 Å². The molecule has 1 aromatic heterocycles. The van der Waals surface area contributed by atoms with Crippen molar-refractivity contribution in [1.82, 2.24) is 0 Å². The van der Waals surface area contributed by atoms with Gasteiger partial charge in [-0.2, -0.15) is 0 Å².